The summed E-state index contributed by atoms with van der Waals surface area (Å²) in [5.41, 5.74) is 4.98. The smallest absolute Gasteiger partial charge is 0.193 e. The fourth-order valence-corrected chi connectivity index (χ4v) is 5.46. The molecule has 0 spiro atoms. The van der Waals surface area contributed by atoms with Gasteiger partial charge >= 0.3 is 0 Å². The molecule has 2 heterocycles. The van der Waals surface area contributed by atoms with Gasteiger partial charge in [-0.25, -0.2) is 9.98 Å². The van der Waals surface area contributed by atoms with E-state index in [1.165, 1.54) is 22.3 Å². The molecule has 0 aliphatic carbocycles. The van der Waals surface area contributed by atoms with Crippen molar-refractivity contribution in [1.82, 2.24) is 0 Å². The van der Waals surface area contributed by atoms with Gasteiger partial charge in [0, 0.05) is 11.8 Å². The molecule has 0 fully saturated rings. The third kappa shape index (κ3) is 5.19. The molecule has 0 radical (unpaired) electrons. The minimum absolute atomic E-state index is 0.0129. The Morgan fingerprint density at radius 3 is 1.08 bits per heavy atom. The van der Waals surface area contributed by atoms with Crippen LogP contribution in [0.25, 0.3) is 0 Å². The number of hydrogen-bond donors (Lipinski definition) is 0. The van der Waals surface area contributed by atoms with Gasteiger partial charge in [0.15, 0.2) is 11.8 Å². The van der Waals surface area contributed by atoms with Gasteiger partial charge in [-0.1, -0.05) is 121 Å². The van der Waals surface area contributed by atoms with Crippen molar-refractivity contribution in [2.45, 2.75) is 30.3 Å². The summed E-state index contributed by atoms with van der Waals surface area (Å²) in [6, 6.07) is 42.3. The van der Waals surface area contributed by atoms with Crippen molar-refractivity contribution in [2.24, 2.45) is 9.98 Å². The van der Waals surface area contributed by atoms with E-state index < -0.39 is 0 Å². The van der Waals surface area contributed by atoms with E-state index in [9.17, 15) is 0 Å². The maximum absolute atomic E-state index is 6.11. The van der Waals surface area contributed by atoms with Crippen LogP contribution in [-0.4, -0.2) is 37.1 Å². The lowest BCUT2D eigenvalue weighted by atomic mass is 9.86. The molecule has 6 rings (SSSR count). The van der Waals surface area contributed by atoms with E-state index in [0.29, 0.717) is 31.4 Å². The summed E-state index contributed by atoms with van der Waals surface area (Å²) in [6.45, 7) is 1.11. The second-order valence-corrected chi connectivity index (χ2v) is 9.58. The fourth-order valence-electron chi connectivity index (χ4n) is 5.46. The van der Waals surface area contributed by atoms with Crippen molar-refractivity contribution in [3.8, 4) is 0 Å². The summed E-state index contributed by atoms with van der Waals surface area (Å²) < 4.78 is 12.2. The summed E-state index contributed by atoms with van der Waals surface area (Å²) >= 11 is 0. The van der Waals surface area contributed by atoms with E-state index in [-0.39, 0.29) is 23.9 Å². The van der Waals surface area contributed by atoms with E-state index in [1.807, 2.05) is 0 Å². The maximum Gasteiger partial charge on any atom is 0.193 e. The van der Waals surface area contributed by atoms with E-state index in [2.05, 4.69) is 121 Å². The third-order valence-electron chi connectivity index (χ3n) is 7.17. The first-order valence-electron chi connectivity index (χ1n) is 12.9. The van der Waals surface area contributed by atoms with Crippen LogP contribution in [0, 0.1) is 0 Å². The van der Waals surface area contributed by atoms with Crippen LogP contribution in [0.1, 0.15) is 40.5 Å². The van der Waals surface area contributed by atoms with Gasteiger partial charge in [-0.05, 0) is 22.3 Å². The fraction of sp³-hybridized carbons (Fsp3) is 0.212. The molecule has 0 N–H and O–H groups in total. The highest BCUT2D eigenvalue weighted by Gasteiger charge is 2.34. The molecule has 2 aliphatic heterocycles. The topological polar surface area (TPSA) is 43.2 Å². The first-order chi connectivity index (χ1) is 18.3. The lowest BCUT2D eigenvalue weighted by molar-refractivity contribution is 0.291. The number of nitrogens with zero attached hydrogens (tertiary/aromatic N) is 2. The molecule has 184 valence electrons. The molecular formula is C33H30N2O2. The summed E-state index contributed by atoms with van der Waals surface area (Å²) in [7, 11) is 0. The van der Waals surface area contributed by atoms with E-state index in [1.54, 1.807) is 0 Å². The van der Waals surface area contributed by atoms with Gasteiger partial charge in [0.25, 0.3) is 0 Å². The summed E-state index contributed by atoms with van der Waals surface area (Å²) in [6.07, 6.45) is 0.486. The molecule has 37 heavy (non-hydrogen) atoms. The first-order valence-corrected chi connectivity index (χ1v) is 12.9. The van der Waals surface area contributed by atoms with Crippen LogP contribution in [-0.2, 0) is 9.47 Å². The molecule has 0 bridgehead atoms. The maximum atomic E-state index is 6.11. The van der Waals surface area contributed by atoms with Gasteiger partial charge in [-0.2, -0.15) is 0 Å². The zero-order valence-corrected chi connectivity index (χ0v) is 20.7. The van der Waals surface area contributed by atoms with Crippen molar-refractivity contribution in [3.05, 3.63) is 144 Å². The quantitative estimate of drug-likeness (QED) is 0.280. The van der Waals surface area contributed by atoms with Crippen LogP contribution >= 0.6 is 0 Å². The molecular weight excluding hydrogens is 456 g/mol. The van der Waals surface area contributed by atoms with Gasteiger partial charge in [0.1, 0.15) is 13.2 Å². The second-order valence-electron chi connectivity index (χ2n) is 9.58. The van der Waals surface area contributed by atoms with Crippen molar-refractivity contribution in [1.29, 1.82) is 0 Å². The van der Waals surface area contributed by atoms with Gasteiger partial charge in [0.05, 0.1) is 18.5 Å². The number of ether oxygens (including phenoxy) is 2. The zero-order valence-electron chi connectivity index (χ0n) is 20.7. The van der Waals surface area contributed by atoms with E-state index in [0.717, 1.165) is 0 Å². The second kappa shape index (κ2) is 10.8. The van der Waals surface area contributed by atoms with E-state index >= 15 is 0 Å². The normalized spacial score (nSPS) is 18.9. The predicted molar refractivity (Wildman–Crippen MR) is 148 cm³/mol. The van der Waals surface area contributed by atoms with Crippen molar-refractivity contribution >= 4 is 11.8 Å². The Bertz CT molecular complexity index is 1170. The van der Waals surface area contributed by atoms with E-state index in [4.69, 9.17) is 19.5 Å². The molecule has 0 saturated heterocycles. The van der Waals surface area contributed by atoms with Crippen molar-refractivity contribution < 1.29 is 9.47 Å². The Labute approximate surface area is 218 Å². The lowest BCUT2D eigenvalue weighted by Crippen LogP contribution is -2.19. The van der Waals surface area contributed by atoms with Crippen molar-refractivity contribution in [2.75, 3.05) is 13.2 Å². The molecule has 4 aromatic carbocycles. The molecule has 2 aliphatic rings. The highest BCUT2D eigenvalue weighted by Crippen LogP contribution is 2.34. The molecule has 0 unspecified atom stereocenters. The molecule has 0 aromatic heterocycles. The first kappa shape index (κ1) is 23.2. The molecule has 2 atom stereocenters. The molecule has 4 heteroatoms. The van der Waals surface area contributed by atoms with Crippen LogP contribution < -0.4 is 0 Å². The highest BCUT2D eigenvalue weighted by atomic mass is 16.5. The largest absolute Gasteiger partial charge is 0.478 e. The average molecular weight is 487 g/mol. The molecule has 4 nitrogen and oxygen atoms in total. The van der Waals surface area contributed by atoms with Crippen LogP contribution in [0.15, 0.2) is 131 Å². The minimum atomic E-state index is 0.0129. The SMILES string of the molecule is c1ccc(C(c2ccccc2)[C@H]2COC(CC3=N[C@@H](C(c4ccccc4)c4ccccc4)CO3)=N2)cc1. The van der Waals surface area contributed by atoms with Crippen LogP contribution in [0.4, 0.5) is 0 Å². The number of aliphatic imine (C=N–C) groups is 2. The Hall–Kier alpha value is -4.18. The molecule has 4 aromatic rings. The number of rotatable bonds is 8. The Morgan fingerprint density at radius 1 is 0.486 bits per heavy atom. The molecule has 0 amide bonds. The zero-order chi connectivity index (χ0) is 24.9. The third-order valence-corrected chi connectivity index (χ3v) is 7.17. The van der Waals surface area contributed by atoms with Gasteiger partial charge in [-0.3, -0.25) is 0 Å². The van der Waals surface area contributed by atoms with Gasteiger partial charge in [0.2, 0.25) is 0 Å². The van der Waals surface area contributed by atoms with Gasteiger partial charge in [-0.15, -0.1) is 0 Å². The minimum Gasteiger partial charge on any atom is -0.478 e. The van der Waals surface area contributed by atoms with Gasteiger partial charge < -0.3 is 9.47 Å². The standard InChI is InChI=1S/C33H30N2O2/c1-5-13-24(14-6-1)32(25-15-7-2-8-16-25)28-22-36-30(34-28)21-31-35-29(23-37-31)33(26-17-9-3-10-18-26)27-19-11-4-12-20-27/h1-20,28-29,32-33H,21-23H2/t28-,29-/m1/s1. The monoisotopic (exact) mass is 486 g/mol. The lowest BCUT2D eigenvalue weighted by Gasteiger charge is -2.21. The van der Waals surface area contributed by atoms with Crippen LogP contribution in [0.2, 0.25) is 0 Å². The average Bonchev–Trinajstić information content (AvgIpc) is 3.62. The summed E-state index contributed by atoms with van der Waals surface area (Å²) in [5.74, 6) is 1.69. The summed E-state index contributed by atoms with van der Waals surface area (Å²) in [4.78, 5) is 10.0. The Morgan fingerprint density at radius 2 is 0.784 bits per heavy atom. The predicted octanol–water partition coefficient (Wildman–Crippen LogP) is 6.64. The van der Waals surface area contributed by atoms with Crippen LogP contribution in [0.3, 0.4) is 0 Å². The van der Waals surface area contributed by atoms with Crippen LogP contribution in [0.5, 0.6) is 0 Å². The Balaban J connectivity index is 1.23. The summed E-state index contributed by atoms with van der Waals surface area (Å²) in [5, 5.41) is 0. The Kier molecular flexibility index (Phi) is 6.80. The number of benzene rings is 4. The number of hydrogen-bond acceptors (Lipinski definition) is 4. The highest BCUT2D eigenvalue weighted by molar-refractivity contribution is 5.98. The molecule has 0 saturated carbocycles. The van der Waals surface area contributed by atoms with Crippen molar-refractivity contribution in [3.63, 3.8) is 0 Å².